The van der Waals surface area contributed by atoms with Crippen LogP contribution < -0.4 is 0 Å². The van der Waals surface area contributed by atoms with Crippen molar-refractivity contribution in [1.29, 1.82) is 0 Å². The number of pyridine rings is 1. The number of rotatable bonds is 6. The smallest absolute Gasteiger partial charge is 0.190 e. The molecule has 7 heteroatoms. The Kier molecular flexibility index (Phi) is 7.11. The lowest BCUT2D eigenvalue weighted by atomic mass is 10.2. The molecule has 0 bridgehead atoms. The Morgan fingerprint density at radius 3 is 3.00 bits per heavy atom. The zero-order valence-corrected chi connectivity index (χ0v) is 12.6. The van der Waals surface area contributed by atoms with Crippen molar-refractivity contribution < 1.29 is 4.84 Å². The van der Waals surface area contributed by atoms with E-state index in [2.05, 4.69) is 10.1 Å². The summed E-state index contributed by atoms with van der Waals surface area (Å²) in [5, 5.41) is 4.65. The summed E-state index contributed by atoms with van der Waals surface area (Å²) in [6, 6.07) is 2.07. The van der Waals surface area contributed by atoms with E-state index in [4.69, 9.17) is 27.1 Å². The first kappa shape index (κ1) is 15.0. The van der Waals surface area contributed by atoms with Crippen LogP contribution >= 0.6 is 45.0 Å². The van der Waals surface area contributed by atoms with Crippen LogP contribution in [0.4, 0.5) is 0 Å². The molecule has 0 fully saturated rings. The number of thioether (sulfide) groups is 1. The van der Waals surface area contributed by atoms with Crippen LogP contribution in [-0.4, -0.2) is 21.8 Å². The predicted molar refractivity (Wildman–Crippen MR) is 77.2 cm³/mol. The average Bonchev–Trinajstić information content (AvgIpc) is 2.35. The summed E-state index contributed by atoms with van der Waals surface area (Å²) in [7, 11) is 6.86. The molecule has 0 amide bonds. The van der Waals surface area contributed by atoms with Crippen molar-refractivity contribution in [2.24, 2.45) is 5.16 Å². The number of hydrogen-bond acceptors (Lipinski definition) is 5. The van der Waals surface area contributed by atoms with Crippen molar-refractivity contribution in [3.05, 3.63) is 23.5 Å². The van der Waals surface area contributed by atoms with E-state index in [0.29, 0.717) is 0 Å². The van der Waals surface area contributed by atoms with E-state index in [0.717, 1.165) is 26.9 Å². The zero-order chi connectivity index (χ0) is 12.7. The molecule has 0 radical (unpaired) electrons. The third-order valence-corrected chi connectivity index (χ3v) is 4.42. The fourth-order valence-electron chi connectivity index (χ4n) is 1.12. The Balaban J connectivity index is 2.87. The number of halogens is 2. The number of nitrogens with zero attached hydrogens (tertiary/aromatic N) is 2. The molecule has 94 valence electrons. The van der Waals surface area contributed by atoms with Crippen LogP contribution in [0.3, 0.4) is 0 Å². The number of hydrogen-bond donors (Lipinski definition) is 0. The molecular formula is C10H12Cl2N2OS2. The first-order chi connectivity index (χ1) is 8.19. The summed E-state index contributed by atoms with van der Waals surface area (Å²) >= 11 is 7.04. The van der Waals surface area contributed by atoms with Gasteiger partial charge in [0.15, 0.2) is 6.07 Å². The maximum Gasteiger partial charge on any atom is 0.190 e. The average molecular weight is 311 g/mol. The highest BCUT2D eigenvalue weighted by atomic mass is 35.7. The highest BCUT2D eigenvalue weighted by Crippen LogP contribution is 2.27. The van der Waals surface area contributed by atoms with Crippen molar-refractivity contribution in [2.45, 2.75) is 18.7 Å². The maximum atomic E-state index is 5.59. The first-order valence-electron chi connectivity index (χ1n) is 4.75. The lowest BCUT2D eigenvalue weighted by Crippen LogP contribution is -1.99. The topological polar surface area (TPSA) is 34.5 Å². The molecule has 0 aliphatic heterocycles. The van der Waals surface area contributed by atoms with Crippen LogP contribution in [-0.2, 0) is 4.84 Å². The molecule has 1 aromatic rings. The third-order valence-electron chi connectivity index (χ3n) is 1.97. The monoisotopic (exact) mass is 310 g/mol. The van der Waals surface area contributed by atoms with Crippen LogP contribution in [0.2, 0.25) is 0 Å². The van der Waals surface area contributed by atoms with E-state index in [1.165, 1.54) is 11.0 Å². The van der Waals surface area contributed by atoms with Crippen molar-refractivity contribution >= 4 is 50.7 Å². The maximum absolute atomic E-state index is 5.59. The van der Waals surface area contributed by atoms with E-state index in [1.807, 2.05) is 19.9 Å². The minimum absolute atomic E-state index is 0.0428. The number of oxime groups is 1. The van der Waals surface area contributed by atoms with Crippen molar-refractivity contribution in [2.75, 3.05) is 11.2 Å². The predicted octanol–water partition coefficient (Wildman–Crippen LogP) is 4.26. The normalized spacial score (nSPS) is 11.6. The molecule has 0 saturated heterocycles. The molecule has 1 rings (SSSR count). The second kappa shape index (κ2) is 8.08. The Labute approximate surface area is 119 Å². The van der Waals surface area contributed by atoms with Gasteiger partial charge in [0, 0.05) is 16.7 Å². The van der Waals surface area contributed by atoms with Crippen LogP contribution in [0.25, 0.3) is 0 Å². The molecule has 1 aromatic heterocycles. The van der Waals surface area contributed by atoms with Crippen molar-refractivity contribution in [3.8, 4) is 0 Å². The van der Waals surface area contributed by atoms with Crippen LogP contribution in [0.15, 0.2) is 22.3 Å². The standard InChI is InChI=1S/C10H12Cl2N2OS2/c1-7(14-15-5-11)9-3-10(16-6-17-12)8(2)13-4-9/h3-4H,5-6H2,1-2H3/b14-7+. The number of alkyl halides is 1. The summed E-state index contributed by atoms with van der Waals surface area (Å²) in [5.74, 6) is 0. The second-order valence-electron chi connectivity index (χ2n) is 3.09. The Bertz CT molecular complexity index is 402. The summed E-state index contributed by atoms with van der Waals surface area (Å²) in [4.78, 5) is 10.2. The van der Waals surface area contributed by atoms with Gasteiger partial charge >= 0.3 is 0 Å². The lowest BCUT2D eigenvalue weighted by molar-refractivity contribution is 0.192. The molecule has 0 unspecified atom stereocenters. The molecule has 0 N–H and O–H groups in total. The molecule has 0 spiro atoms. The second-order valence-corrected chi connectivity index (χ2v) is 5.86. The minimum Gasteiger partial charge on any atom is -0.379 e. The van der Waals surface area contributed by atoms with E-state index in [-0.39, 0.29) is 6.07 Å². The lowest BCUT2D eigenvalue weighted by Gasteiger charge is -2.06. The summed E-state index contributed by atoms with van der Waals surface area (Å²) in [6.45, 7) is 3.82. The zero-order valence-electron chi connectivity index (χ0n) is 9.44. The van der Waals surface area contributed by atoms with E-state index in [9.17, 15) is 0 Å². The van der Waals surface area contributed by atoms with Gasteiger partial charge in [0.05, 0.1) is 16.5 Å². The summed E-state index contributed by atoms with van der Waals surface area (Å²) in [5.41, 5.74) is 2.65. The quantitative estimate of drug-likeness (QED) is 0.258. The third kappa shape index (κ3) is 4.95. The molecule has 0 saturated carbocycles. The van der Waals surface area contributed by atoms with Gasteiger partial charge in [-0.1, -0.05) is 16.8 Å². The van der Waals surface area contributed by atoms with Crippen molar-refractivity contribution in [1.82, 2.24) is 4.98 Å². The molecule has 0 aliphatic rings. The SMILES string of the molecule is C/C(=N\OCCl)c1cnc(C)c(SCSCl)c1. The fraction of sp³-hybridized carbons (Fsp3) is 0.400. The van der Waals surface area contributed by atoms with E-state index in [1.54, 1.807) is 18.0 Å². The van der Waals surface area contributed by atoms with Gasteiger partial charge in [-0.25, -0.2) is 0 Å². The van der Waals surface area contributed by atoms with Crippen molar-refractivity contribution in [3.63, 3.8) is 0 Å². The summed E-state index contributed by atoms with van der Waals surface area (Å²) in [6.07, 6.45) is 1.77. The molecule has 17 heavy (non-hydrogen) atoms. The van der Waals surface area contributed by atoms with E-state index >= 15 is 0 Å². The highest BCUT2D eigenvalue weighted by Gasteiger charge is 2.05. The van der Waals surface area contributed by atoms with Gasteiger partial charge in [-0.05, 0) is 41.6 Å². The van der Waals surface area contributed by atoms with E-state index < -0.39 is 0 Å². The van der Waals surface area contributed by atoms with Gasteiger partial charge in [-0.3, -0.25) is 4.98 Å². The molecular weight excluding hydrogens is 299 g/mol. The first-order valence-corrected chi connectivity index (χ1v) is 8.08. The van der Waals surface area contributed by atoms with Crippen LogP contribution in [0.5, 0.6) is 0 Å². The molecule has 0 atom stereocenters. The van der Waals surface area contributed by atoms with Gasteiger partial charge in [0.1, 0.15) is 0 Å². The van der Waals surface area contributed by atoms with Crippen LogP contribution in [0.1, 0.15) is 18.2 Å². The van der Waals surface area contributed by atoms with Gasteiger partial charge in [-0.15, -0.1) is 11.8 Å². The van der Waals surface area contributed by atoms with Crippen LogP contribution in [0, 0.1) is 6.92 Å². The highest BCUT2D eigenvalue weighted by molar-refractivity contribution is 8.29. The fourth-order valence-corrected chi connectivity index (χ4v) is 2.72. The van der Waals surface area contributed by atoms with Gasteiger partial charge < -0.3 is 4.84 Å². The number of aryl methyl sites for hydroxylation is 1. The van der Waals surface area contributed by atoms with Gasteiger partial charge in [0.25, 0.3) is 0 Å². The largest absolute Gasteiger partial charge is 0.379 e. The molecule has 1 heterocycles. The number of aromatic nitrogens is 1. The Morgan fingerprint density at radius 1 is 1.59 bits per heavy atom. The Morgan fingerprint density at radius 2 is 2.35 bits per heavy atom. The molecule has 3 nitrogen and oxygen atoms in total. The molecule has 0 aromatic carbocycles. The van der Waals surface area contributed by atoms with Gasteiger partial charge in [0.2, 0.25) is 0 Å². The Hall–Kier alpha value is -0.100. The minimum atomic E-state index is 0.0428. The summed E-state index contributed by atoms with van der Waals surface area (Å²) < 4.78 is 0. The molecule has 0 aliphatic carbocycles. The van der Waals surface area contributed by atoms with Gasteiger partial charge in [-0.2, -0.15) is 0 Å².